The summed E-state index contributed by atoms with van der Waals surface area (Å²) in [7, 11) is 0. The molecule has 0 unspecified atom stereocenters. The number of hydrogen-bond acceptors (Lipinski definition) is 1. The van der Waals surface area contributed by atoms with E-state index in [4.69, 9.17) is 0 Å². The monoisotopic (exact) mass is 244 g/mol. The van der Waals surface area contributed by atoms with Gasteiger partial charge in [0.25, 0.3) is 0 Å². The van der Waals surface area contributed by atoms with Crippen LogP contribution in [0.2, 0.25) is 0 Å². The van der Waals surface area contributed by atoms with E-state index in [0.717, 1.165) is 0 Å². The molecule has 0 aliphatic rings. The summed E-state index contributed by atoms with van der Waals surface area (Å²) in [5.41, 5.74) is 1.34. The molecule has 1 aromatic heterocycles. The van der Waals surface area contributed by atoms with Crippen LogP contribution in [0.3, 0.4) is 0 Å². The molecule has 1 heterocycles. The maximum absolute atomic E-state index is 2.29. The lowest BCUT2D eigenvalue weighted by Crippen LogP contribution is -1.80. The van der Waals surface area contributed by atoms with Crippen molar-refractivity contribution < 1.29 is 0 Å². The third-order valence-corrected chi connectivity index (χ3v) is 4.19. The number of unbranched alkanes of at least 4 members (excludes halogenated alkanes) is 3. The van der Waals surface area contributed by atoms with E-state index in [-0.39, 0.29) is 0 Å². The molecule has 0 aliphatic heterocycles. The van der Waals surface area contributed by atoms with Gasteiger partial charge in [-0.25, -0.2) is 0 Å². The molecular formula is C16H20S. The number of rotatable bonds is 6. The largest absolute Gasteiger partial charge is 0.140 e. The fraction of sp³-hybridized carbons (Fsp3) is 0.375. The second-order valence-corrected chi connectivity index (χ2v) is 5.61. The summed E-state index contributed by atoms with van der Waals surface area (Å²) in [5, 5.41) is 0. The van der Waals surface area contributed by atoms with Gasteiger partial charge in [-0.2, -0.15) is 0 Å². The Morgan fingerprint density at radius 1 is 0.882 bits per heavy atom. The molecule has 2 aromatic rings. The molecular weight excluding hydrogens is 224 g/mol. The first kappa shape index (κ1) is 12.4. The van der Waals surface area contributed by atoms with Crippen LogP contribution in [0.15, 0.2) is 42.5 Å². The van der Waals surface area contributed by atoms with Gasteiger partial charge < -0.3 is 0 Å². The topological polar surface area (TPSA) is 0 Å². The van der Waals surface area contributed by atoms with Crippen LogP contribution in [-0.4, -0.2) is 0 Å². The lowest BCUT2D eigenvalue weighted by atomic mass is 10.1. The summed E-state index contributed by atoms with van der Waals surface area (Å²) in [6.07, 6.45) is 6.64. The van der Waals surface area contributed by atoms with E-state index >= 15 is 0 Å². The molecule has 0 nitrogen and oxygen atoms in total. The molecule has 0 fully saturated rings. The zero-order valence-electron chi connectivity index (χ0n) is 10.5. The van der Waals surface area contributed by atoms with E-state index in [9.17, 15) is 0 Å². The van der Waals surface area contributed by atoms with Gasteiger partial charge in [-0.05, 0) is 30.5 Å². The standard InChI is InChI=1S/C16H20S/c1-2-3-4-8-11-15-12-13-16(17-15)14-9-6-5-7-10-14/h5-7,9-10,12-13H,2-4,8,11H2,1H3. The summed E-state index contributed by atoms with van der Waals surface area (Å²) in [5.74, 6) is 0. The first-order valence-electron chi connectivity index (χ1n) is 6.54. The Balaban J connectivity index is 1.92. The van der Waals surface area contributed by atoms with Gasteiger partial charge in [0.1, 0.15) is 0 Å². The van der Waals surface area contributed by atoms with Crippen molar-refractivity contribution in [1.29, 1.82) is 0 Å². The van der Waals surface area contributed by atoms with Crippen LogP contribution in [0, 0.1) is 0 Å². The molecule has 1 heteroatoms. The predicted molar refractivity (Wildman–Crippen MR) is 77.6 cm³/mol. The van der Waals surface area contributed by atoms with Crippen molar-refractivity contribution in [1.82, 2.24) is 0 Å². The average molecular weight is 244 g/mol. The fourth-order valence-corrected chi connectivity index (χ4v) is 3.05. The van der Waals surface area contributed by atoms with Gasteiger partial charge >= 0.3 is 0 Å². The average Bonchev–Trinajstić information content (AvgIpc) is 2.85. The molecule has 0 N–H and O–H groups in total. The lowest BCUT2D eigenvalue weighted by molar-refractivity contribution is 0.670. The molecule has 0 saturated carbocycles. The maximum atomic E-state index is 2.29. The molecule has 0 aliphatic carbocycles. The van der Waals surface area contributed by atoms with Gasteiger partial charge in [-0.3, -0.25) is 0 Å². The van der Waals surface area contributed by atoms with Crippen molar-refractivity contribution >= 4 is 11.3 Å². The van der Waals surface area contributed by atoms with Crippen molar-refractivity contribution in [3.05, 3.63) is 47.3 Å². The maximum Gasteiger partial charge on any atom is 0.0345 e. The summed E-state index contributed by atoms with van der Waals surface area (Å²) in [4.78, 5) is 2.93. The van der Waals surface area contributed by atoms with Gasteiger partial charge in [0.2, 0.25) is 0 Å². The van der Waals surface area contributed by atoms with Crippen molar-refractivity contribution in [3.63, 3.8) is 0 Å². The van der Waals surface area contributed by atoms with Crippen molar-refractivity contribution in [2.45, 2.75) is 39.0 Å². The summed E-state index contributed by atoms with van der Waals surface area (Å²) >= 11 is 1.94. The van der Waals surface area contributed by atoms with E-state index in [1.807, 2.05) is 11.3 Å². The molecule has 0 radical (unpaired) electrons. The van der Waals surface area contributed by atoms with Gasteiger partial charge in [0.15, 0.2) is 0 Å². The molecule has 0 amide bonds. The zero-order chi connectivity index (χ0) is 11.9. The van der Waals surface area contributed by atoms with Crippen LogP contribution < -0.4 is 0 Å². The van der Waals surface area contributed by atoms with E-state index < -0.39 is 0 Å². The minimum absolute atomic E-state index is 1.25. The summed E-state index contributed by atoms with van der Waals surface area (Å²) in [6, 6.07) is 15.2. The third kappa shape index (κ3) is 3.71. The molecule has 0 spiro atoms. The van der Waals surface area contributed by atoms with Crippen molar-refractivity contribution in [2.75, 3.05) is 0 Å². The van der Waals surface area contributed by atoms with Crippen molar-refractivity contribution in [2.24, 2.45) is 0 Å². The van der Waals surface area contributed by atoms with Crippen LogP contribution in [0.1, 0.15) is 37.5 Å². The minimum Gasteiger partial charge on any atom is -0.140 e. The van der Waals surface area contributed by atoms with E-state index in [0.29, 0.717) is 0 Å². The third-order valence-electron chi connectivity index (χ3n) is 3.00. The van der Waals surface area contributed by atoms with Gasteiger partial charge in [-0.15, -0.1) is 11.3 Å². The van der Waals surface area contributed by atoms with E-state index in [2.05, 4.69) is 49.4 Å². The Labute approximate surface area is 108 Å². The summed E-state index contributed by atoms with van der Waals surface area (Å²) in [6.45, 7) is 2.26. The van der Waals surface area contributed by atoms with Crippen LogP contribution in [-0.2, 0) is 6.42 Å². The highest BCUT2D eigenvalue weighted by Crippen LogP contribution is 2.28. The molecule has 0 atom stereocenters. The predicted octanol–water partition coefficient (Wildman–Crippen LogP) is 5.54. The number of hydrogen-bond donors (Lipinski definition) is 0. The Kier molecular flexibility index (Phi) is 4.81. The first-order chi connectivity index (χ1) is 8.40. The second-order valence-electron chi connectivity index (χ2n) is 4.44. The normalized spacial score (nSPS) is 10.6. The molecule has 17 heavy (non-hydrogen) atoms. The molecule has 0 bridgehead atoms. The smallest absolute Gasteiger partial charge is 0.0345 e. The Morgan fingerprint density at radius 3 is 2.47 bits per heavy atom. The number of thiophene rings is 1. The van der Waals surface area contributed by atoms with E-state index in [1.54, 1.807) is 0 Å². The van der Waals surface area contributed by atoms with Crippen LogP contribution >= 0.6 is 11.3 Å². The SMILES string of the molecule is CCCCCCc1ccc(-c2ccccc2)s1. The lowest BCUT2D eigenvalue weighted by Gasteiger charge is -1.97. The fourth-order valence-electron chi connectivity index (χ4n) is 2.00. The minimum atomic E-state index is 1.25. The van der Waals surface area contributed by atoms with E-state index in [1.165, 1.54) is 47.4 Å². The second kappa shape index (κ2) is 6.61. The quantitative estimate of drug-likeness (QED) is 0.585. The molecule has 2 rings (SSSR count). The highest BCUT2D eigenvalue weighted by Gasteiger charge is 2.02. The summed E-state index contributed by atoms with van der Waals surface area (Å²) < 4.78 is 0. The van der Waals surface area contributed by atoms with Crippen LogP contribution in [0.5, 0.6) is 0 Å². The number of benzene rings is 1. The van der Waals surface area contributed by atoms with Gasteiger partial charge in [0.05, 0.1) is 0 Å². The van der Waals surface area contributed by atoms with Crippen molar-refractivity contribution in [3.8, 4) is 10.4 Å². The highest BCUT2D eigenvalue weighted by molar-refractivity contribution is 7.15. The first-order valence-corrected chi connectivity index (χ1v) is 7.36. The highest BCUT2D eigenvalue weighted by atomic mass is 32.1. The van der Waals surface area contributed by atoms with Crippen LogP contribution in [0.4, 0.5) is 0 Å². The van der Waals surface area contributed by atoms with Crippen LogP contribution in [0.25, 0.3) is 10.4 Å². The molecule has 1 aromatic carbocycles. The molecule has 0 saturated heterocycles. The Hall–Kier alpha value is -1.08. The van der Waals surface area contributed by atoms with Gasteiger partial charge in [-0.1, -0.05) is 56.5 Å². The van der Waals surface area contributed by atoms with Gasteiger partial charge in [0, 0.05) is 9.75 Å². The Bertz CT molecular complexity index is 428. The Morgan fingerprint density at radius 2 is 1.71 bits per heavy atom. The molecule has 90 valence electrons. The zero-order valence-corrected chi connectivity index (χ0v) is 11.3. The number of aryl methyl sites for hydroxylation is 1.